The van der Waals surface area contributed by atoms with Crippen molar-refractivity contribution in [1.29, 1.82) is 0 Å². The zero-order valence-corrected chi connectivity index (χ0v) is 11.9. The molecule has 6 heteroatoms. The van der Waals surface area contributed by atoms with Gasteiger partial charge in [-0.2, -0.15) is 0 Å². The summed E-state index contributed by atoms with van der Waals surface area (Å²) in [6, 6.07) is 6.62. The summed E-state index contributed by atoms with van der Waals surface area (Å²) < 4.78 is 35.4. The first-order valence-electron chi connectivity index (χ1n) is 6.41. The van der Waals surface area contributed by atoms with E-state index in [1.165, 1.54) is 13.3 Å². The molecule has 0 aliphatic heterocycles. The van der Waals surface area contributed by atoms with E-state index in [0.29, 0.717) is 23.0 Å². The summed E-state index contributed by atoms with van der Waals surface area (Å²) in [7, 11) is -2.02. The molecule has 0 saturated heterocycles. The molecule has 0 radical (unpaired) electrons. The highest BCUT2D eigenvalue weighted by molar-refractivity contribution is 7.90. The Balaban J connectivity index is 1.94. The monoisotopic (exact) mass is 293 g/mol. The smallest absolute Gasteiger partial charge is 0.186 e. The predicted octanol–water partition coefficient (Wildman–Crippen LogP) is 2.53. The van der Waals surface area contributed by atoms with Crippen molar-refractivity contribution in [3.63, 3.8) is 0 Å². The highest BCUT2D eigenvalue weighted by atomic mass is 32.2. The minimum atomic E-state index is -3.48. The average Bonchev–Trinajstić information content (AvgIpc) is 3.19. The van der Waals surface area contributed by atoms with Crippen molar-refractivity contribution in [2.45, 2.75) is 29.4 Å². The number of methoxy groups -OCH3 is 1. The van der Waals surface area contributed by atoms with Gasteiger partial charge < -0.3 is 9.26 Å². The second-order valence-corrected chi connectivity index (χ2v) is 6.86. The number of benzene rings is 1. The lowest BCUT2D eigenvalue weighted by atomic mass is 10.2. The first-order valence-corrected chi connectivity index (χ1v) is 8.06. The first-order chi connectivity index (χ1) is 9.62. The van der Waals surface area contributed by atoms with E-state index < -0.39 is 9.84 Å². The molecule has 1 aromatic heterocycles. The maximum Gasteiger partial charge on any atom is 0.186 e. The topological polar surface area (TPSA) is 69.4 Å². The van der Waals surface area contributed by atoms with Gasteiger partial charge >= 0.3 is 0 Å². The number of aromatic nitrogens is 1. The molecule has 0 bridgehead atoms. The van der Waals surface area contributed by atoms with Crippen molar-refractivity contribution in [2.24, 2.45) is 0 Å². The SMILES string of the molecule is COc1ccccc1S(=O)(=O)Cc1cnoc1C1CC1. The predicted molar refractivity (Wildman–Crippen MR) is 72.4 cm³/mol. The van der Waals surface area contributed by atoms with Crippen molar-refractivity contribution in [1.82, 2.24) is 5.16 Å². The number of nitrogens with zero attached hydrogens (tertiary/aromatic N) is 1. The van der Waals surface area contributed by atoms with Crippen LogP contribution in [-0.4, -0.2) is 20.7 Å². The Bertz CT molecular complexity index is 716. The minimum Gasteiger partial charge on any atom is -0.495 e. The minimum absolute atomic E-state index is 0.108. The van der Waals surface area contributed by atoms with Gasteiger partial charge in [-0.1, -0.05) is 17.3 Å². The molecule has 1 aliphatic rings. The zero-order chi connectivity index (χ0) is 14.2. The van der Waals surface area contributed by atoms with Gasteiger partial charge in [0.1, 0.15) is 16.4 Å². The number of sulfone groups is 1. The van der Waals surface area contributed by atoms with E-state index in [1.54, 1.807) is 24.3 Å². The van der Waals surface area contributed by atoms with Gasteiger partial charge in [0.15, 0.2) is 9.84 Å². The molecule has 0 spiro atoms. The van der Waals surface area contributed by atoms with Crippen molar-refractivity contribution >= 4 is 9.84 Å². The molecule has 0 atom stereocenters. The lowest BCUT2D eigenvalue weighted by Crippen LogP contribution is -2.07. The molecule has 3 rings (SSSR count). The Morgan fingerprint density at radius 1 is 1.35 bits per heavy atom. The Morgan fingerprint density at radius 2 is 2.10 bits per heavy atom. The normalized spacial score (nSPS) is 15.2. The van der Waals surface area contributed by atoms with Gasteiger partial charge in [0.25, 0.3) is 0 Å². The molecule has 2 aromatic rings. The summed E-state index contributed by atoms with van der Waals surface area (Å²) in [5.74, 6) is 1.30. The standard InChI is InChI=1S/C14H15NO4S/c1-18-12-4-2-3-5-13(12)20(16,17)9-11-8-15-19-14(11)10-6-7-10/h2-5,8,10H,6-7,9H2,1H3. The third-order valence-electron chi connectivity index (χ3n) is 3.37. The van der Waals surface area contributed by atoms with Crippen LogP contribution < -0.4 is 4.74 Å². The van der Waals surface area contributed by atoms with E-state index in [9.17, 15) is 8.42 Å². The first kappa shape index (κ1) is 13.2. The van der Waals surface area contributed by atoms with Gasteiger partial charge in [-0.15, -0.1) is 0 Å². The molecule has 5 nitrogen and oxygen atoms in total. The summed E-state index contributed by atoms with van der Waals surface area (Å²) in [6.45, 7) is 0. The molecule has 1 aliphatic carbocycles. The maximum absolute atomic E-state index is 12.5. The van der Waals surface area contributed by atoms with E-state index in [4.69, 9.17) is 9.26 Å². The fourth-order valence-electron chi connectivity index (χ4n) is 2.22. The van der Waals surface area contributed by atoms with Gasteiger partial charge in [0.05, 0.1) is 19.1 Å². The largest absolute Gasteiger partial charge is 0.495 e. The van der Waals surface area contributed by atoms with E-state index in [0.717, 1.165) is 12.8 Å². The summed E-state index contributed by atoms with van der Waals surface area (Å²) >= 11 is 0. The van der Waals surface area contributed by atoms with Crippen LogP contribution in [0, 0.1) is 0 Å². The summed E-state index contributed by atoms with van der Waals surface area (Å²) in [4.78, 5) is 0.199. The lowest BCUT2D eigenvalue weighted by Gasteiger charge is -2.08. The molecule has 106 valence electrons. The van der Waals surface area contributed by atoms with Crippen LogP contribution in [0.5, 0.6) is 5.75 Å². The fraction of sp³-hybridized carbons (Fsp3) is 0.357. The third-order valence-corrected chi connectivity index (χ3v) is 5.07. The molecule has 0 amide bonds. The van der Waals surface area contributed by atoms with E-state index in [2.05, 4.69) is 5.16 Å². The van der Waals surface area contributed by atoms with E-state index >= 15 is 0 Å². The van der Waals surface area contributed by atoms with Crippen LogP contribution in [0.1, 0.15) is 30.1 Å². The quantitative estimate of drug-likeness (QED) is 0.847. The number of hydrogen-bond donors (Lipinski definition) is 0. The Kier molecular flexibility index (Phi) is 3.25. The van der Waals surface area contributed by atoms with Gasteiger partial charge in [0.2, 0.25) is 0 Å². The second kappa shape index (κ2) is 4.94. The van der Waals surface area contributed by atoms with Crippen LogP contribution >= 0.6 is 0 Å². The second-order valence-electron chi connectivity index (χ2n) is 4.90. The molecule has 1 fully saturated rings. The van der Waals surface area contributed by atoms with Gasteiger partial charge in [-0.3, -0.25) is 0 Å². The van der Waals surface area contributed by atoms with Crippen LogP contribution in [0.25, 0.3) is 0 Å². The maximum atomic E-state index is 12.5. The molecular formula is C14H15NO4S. The van der Waals surface area contributed by atoms with Crippen LogP contribution in [0.4, 0.5) is 0 Å². The number of para-hydroxylation sites is 1. The molecular weight excluding hydrogens is 278 g/mol. The van der Waals surface area contributed by atoms with Crippen molar-refractivity contribution in [3.8, 4) is 5.75 Å². The highest BCUT2D eigenvalue weighted by Crippen LogP contribution is 2.42. The summed E-state index contributed by atoms with van der Waals surface area (Å²) in [5.41, 5.74) is 0.651. The van der Waals surface area contributed by atoms with Crippen molar-refractivity contribution in [2.75, 3.05) is 7.11 Å². The molecule has 0 unspecified atom stereocenters. The molecule has 0 N–H and O–H groups in total. The molecule has 20 heavy (non-hydrogen) atoms. The summed E-state index contributed by atoms with van der Waals surface area (Å²) in [5, 5.41) is 3.73. The van der Waals surface area contributed by atoms with Gasteiger partial charge in [0, 0.05) is 11.5 Å². The Hall–Kier alpha value is -1.82. The van der Waals surface area contributed by atoms with Crippen LogP contribution in [-0.2, 0) is 15.6 Å². The van der Waals surface area contributed by atoms with Gasteiger partial charge in [-0.05, 0) is 25.0 Å². The molecule has 1 heterocycles. The third kappa shape index (κ3) is 2.43. The zero-order valence-electron chi connectivity index (χ0n) is 11.1. The average molecular weight is 293 g/mol. The van der Waals surface area contributed by atoms with Crippen molar-refractivity contribution < 1.29 is 17.7 Å². The van der Waals surface area contributed by atoms with Crippen LogP contribution in [0.15, 0.2) is 39.9 Å². The van der Waals surface area contributed by atoms with Gasteiger partial charge in [-0.25, -0.2) is 8.42 Å². The summed E-state index contributed by atoms with van der Waals surface area (Å²) in [6.07, 6.45) is 3.58. The van der Waals surface area contributed by atoms with Crippen LogP contribution in [0.2, 0.25) is 0 Å². The number of ether oxygens (including phenoxy) is 1. The fourth-order valence-corrected chi connectivity index (χ4v) is 3.74. The number of rotatable bonds is 5. The van der Waals surface area contributed by atoms with E-state index in [-0.39, 0.29) is 10.6 Å². The molecule has 1 aromatic carbocycles. The number of hydrogen-bond acceptors (Lipinski definition) is 5. The lowest BCUT2D eigenvalue weighted by molar-refractivity contribution is 0.383. The Morgan fingerprint density at radius 3 is 2.80 bits per heavy atom. The van der Waals surface area contributed by atoms with E-state index in [1.807, 2.05) is 0 Å². The van der Waals surface area contributed by atoms with Crippen LogP contribution in [0.3, 0.4) is 0 Å². The molecule has 1 saturated carbocycles. The highest BCUT2D eigenvalue weighted by Gasteiger charge is 2.32. The Labute approximate surface area is 117 Å². The van der Waals surface area contributed by atoms with Crippen molar-refractivity contribution in [3.05, 3.63) is 41.8 Å².